The minimum atomic E-state index is -0.985. The fraction of sp³-hybridized carbons (Fsp3) is 0. The maximum Gasteiger partial charge on any atom is 0.427 e. The third-order valence-corrected chi connectivity index (χ3v) is 2.84. The third kappa shape index (κ3) is 10.6. The molecule has 0 heterocycles. The Morgan fingerprint density at radius 2 is 1.00 bits per heavy atom. The molecule has 0 bridgehead atoms. The summed E-state index contributed by atoms with van der Waals surface area (Å²) in [6, 6.07) is 19.5. The molecule has 0 aliphatic heterocycles. The van der Waals surface area contributed by atoms with Crippen molar-refractivity contribution >= 4 is 22.2 Å². The molecular weight excluding hydrogens is 288 g/mol. The van der Waals surface area contributed by atoms with Crippen molar-refractivity contribution in [1.29, 1.82) is 10.8 Å². The molecule has 2 aromatic carbocycles. The highest BCUT2D eigenvalue weighted by Crippen LogP contribution is 2.10. The molecule has 21 heavy (non-hydrogen) atoms. The van der Waals surface area contributed by atoms with Crippen molar-refractivity contribution < 1.29 is 18.4 Å². The molecule has 2 rings (SSSR count). The summed E-state index contributed by atoms with van der Waals surface area (Å²) in [6.07, 6.45) is 1.50. The number of rotatable bonds is 4. The second-order valence-corrected chi connectivity index (χ2v) is 4.05. The maximum atomic E-state index is 8.35. The summed E-state index contributed by atoms with van der Waals surface area (Å²) in [4.78, 5) is 16.7. The largest absolute Gasteiger partial charge is 0.516 e. The van der Waals surface area contributed by atoms with Crippen molar-refractivity contribution in [2.75, 3.05) is 0 Å². The first-order valence-corrected chi connectivity index (χ1v) is 6.87. The summed E-state index contributed by atoms with van der Waals surface area (Å²) in [5.74, 6) is 1.75. The molecule has 108 valence electrons. The molecule has 0 spiro atoms. The molecule has 0 aliphatic rings. The molecule has 0 unspecified atom stereocenters. The Labute approximate surface area is 124 Å². The van der Waals surface area contributed by atoms with Gasteiger partial charge < -0.3 is 8.85 Å². The molecule has 0 aromatic heterocycles. The standard InChI is InChI=1S/C12H12O2Si.2CHNO/c1-3-7-11(8-4-1)13-15-14-12-9-5-2-6-10-12;2*2-1-3/h1-10H,15H2;2*2H. The van der Waals surface area contributed by atoms with Gasteiger partial charge in [-0.15, -0.1) is 0 Å². The summed E-state index contributed by atoms with van der Waals surface area (Å²) in [6.45, 7) is 0. The zero-order chi connectivity index (χ0) is 15.8. The number of carbonyl (C=O) groups excluding carboxylic acids is 2. The van der Waals surface area contributed by atoms with Gasteiger partial charge in [-0.05, 0) is 24.3 Å². The van der Waals surface area contributed by atoms with E-state index in [1.54, 1.807) is 0 Å². The maximum absolute atomic E-state index is 8.35. The van der Waals surface area contributed by atoms with Crippen molar-refractivity contribution in [2.24, 2.45) is 0 Å². The smallest absolute Gasteiger partial charge is 0.427 e. The van der Waals surface area contributed by atoms with Gasteiger partial charge in [-0.2, -0.15) is 0 Å². The number of benzene rings is 2. The summed E-state index contributed by atoms with van der Waals surface area (Å²) in [7, 11) is -0.985. The van der Waals surface area contributed by atoms with Crippen LogP contribution in [0.5, 0.6) is 11.5 Å². The zero-order valence-electron chi connectivity index (χ0n) is 11.1. The van der Waals surface area contributed by atoms with Crippen LogP contribution in [-0.2, 0) is 9.59 Å². The highest BCUT2D eigenvalue weighted by atomic mass is 28.3. The van der Waals surface area contributed by atoms with Crippen LogP contribution in [-0.4, -0.2) is 22.2 Å². The van der Waals surface area contributed by atoms with Gasteiger partial charge in [0, 0.05) is 0 Å². The number of hydrogen-bond acceptors (Lipinski definition) is 6. The lowest BCUT2D eigenvalue weighted by Gasteiger charge is -2.07. The Morgan fingerprint density at radius 3 is 1.29 bits per heavy atom. The van der Waals surface area contributed by atoms with E-state index in [9.17, 15) is 0 Å². The fourth-order valence-corrected chi connectivity index (χ4v) is 1.91. The lowest BCUT2D eigenvalue weighted by atomic mass is 10.3. The van der Waals surface area contributed by atoms with E-state index in [-0.39, 0.29) is 0 Å². The van der Waals surface area contributed by atoms with Crippen molar-refractivity contribution in [2.45, 2.75) is 0 Å². The van der Waals surface area contributed by atoms with Crippen LogP contribution >= 0.6 is 0 Å². The van der Waals surface area contributed by atoms with Crippen molar-refractivity contribution in [3.05, 3.63) is 60.7 Å². The van der Waals surface area contributed by atoms with Crippen LogP contribution in [0.1, 0.15) is 0 Å². The van der Waals surface area contributed by atoms with E-state index >= 15 is 0 Å². The molecule has 0 fully saturated rings. The second kappa shape index (κ2) is 13.4. The Hall–Kier alpha value is -2.98. The first kappa shape index (κ1) is 18.0. The lowest BCUT2D eigenvalue weighted by molar-refractivity contribution is 0.459. The fourth-order valence-electron chi connectivity index (χ4n) is 1.20. The van der Waals surface area contributed by atoms with Crippen LogP contribution in [0.4, 0.5) is 0 Å². The summed E-state index contributed by atoms with van der Waals surface area (Å²) >= 11 is 0. The number of para-hydroxylation sites is 2. The lowest BCUT2D eigenvalue weighted by Crippen LogP contribution is -2.10. The van der Waals surface area contributed by atoms with E-state index in [2.05, 4.69) is 0 Å². The molecule has 2 N–H and O–H groups in total. The molecule has 2 aromatic rings. The Morgan fingerprint density at radius 1 is 0.714 bits per heavy atom. The number of nitrogens with one attached hydrogen (secondary N) is 2. The first-order valence-electron chi connectivity index (χ1n) is 5.72. The van der Waals surface area contributed by atoms with Crippen molar-refractivity contribution in [3.8, 4) is 11.5 Å². The van der Waals surface area contributed by atoms with E-state index in [1.807, 2.05) is 60.7 Å². The van der Waals surface area contributed by atoms with Crippen LogP contribution in [0.15, 0.2) is 60.7 Å². The first-order chi connectivity index (χ1) is 10.3. The Kier molecular flexibility index (Phi) is 11.5. The highest BCUT2D eigenvalue weighted by Gasteiger charge is 1.94. The van der Waals surface area contributed by atoms with Crippen LogP contribution < -0.4 is 8.85 Å². The van der Waals surface area contributed by atoms with E-state index < -0.39 is 10.0 Å². The molecule has 0 saturated heterocycles. The van der Waals surface area contributed by atoms with Gasteiger partial charge in [0.15, 0.2) is 0 Å². The molecule has 0 amide bonds. The van der Waals surface area contributed by atoms with Gasteiger partial charge in [0.05, 0.1) is 0 Å². The van der Waals surface area contributed by atoms with E-state index in [0.29, 0.717) is 0 Å². The Balaban J connectivity index is 0.000000578. The topological polar surface area (TPSA) is 100 Å². The number of hydrogen-bond donors (Lipinski definition) is 2. The molecule has 7 heteroatoms. The van der Waals surface area contributed by atoms with Crippen LogP contribution in [0.25, 0.3) is 0 Å². The quantitative estimate of drug-likeness (QED) is 0.512. The van der Waals surface area contributed by atoms with E-state index in [0.717, 1.165) is 23.7 Å². The number of isocyanates is 2. The summed E-state index contributed by atoms with van der Waals surface area (Å²) in [5.41, 5.74) is 0. The van der Waals surface area contributed by atoms with Gasteiger partial charge in [0.25, 0.3) is 0 Å². The molecule has 0 aliphatic carbocycles. The van der Waals surface area contributed by atoms with Crippen molar-refractivity contribution in [1.82, 2.24) is 0 Å². The summed E-state index contributed by atoms with van der Waals surface area (Å²) < 4.78 is 11.1. The monoisotopic (exact) mass is 302 g/mol. The second-order valence-electron chi connectivity index (χ2n) is 3.24. The van der Waals surface area contributed by atoms with Crippen LogP contribution in [0.2, 0.25) is 0 Å². The van der Waals surface area contributed by atoms with E-state index in [4.69, 9.17) is 29.3 Å². The SMILES string of the molecule is N=C=O.N=C=O.c1ccc(O[SiH2]Oc2ccccc2)cc1. The molecule has 0 saturated carbocycles. The molecular formula is C14H14N2O4Si. The van der Waals surface area contributed by atoms with Gasteiger partial charge in [0.2, 0.25) is 12.2 Å². The molecule has 0 atom stereocenters. The average Bonchev–Trinajstić information content (AvgIpc) is 2.51. The van der Waals surface area contributed by atoms with Gasteiger partial charge in [-0.1, -0.05) is 36.4 Å². The van der Waals surface area contributed by atoms with Gasteiger partial charge in [-0.25, -0.2) is 20.4 Å². The van der Waals surface area contributed by atoms with Crippen LogP contribution in [0.3, 0.4) is 0 Å². The van der Waals surface area contributed by atoms with Gasteiger partial charge >= 0.3 is 10.0 Å². The highest BCUT2D eigenvalue weighted by molar-refractivity contribution is 6.20. The predicted molar refractivity (Wildman–Crippen MR) is 79.5 cm³/mol. The molecule has 6 nitrogen and oxygen atoms in total. The van der Waals surface area contributed by atoms with Gasteiger partial charge in [-0.3, -0.25) is 0 Å². The zero-order valence-corrected chi connectivity index (χ0v) is 12.5. The minimum Gasteiger partial charge on any atom is -0.516 e. The van der Waals surface area contributed by atoms with Gasteiger partial charge in [0.1, 0.15) is 11.5 Å². The normalized spacial score (nSPS) is 7.62. The minimum absolute atomic E-state index is 0.750. The molecule has 0 radical (unpaired) electrons. The third-order valence-electron chi connectivity index (χ3n) is 1.94. The van der Waals surface area contributed by atoms with Crippen molar-refractivity contribution in [3.63, 3.8) is 0 Å². The van der Waals surface area contributed by atoms with Crippen LogP contribution in [0, 0.1) is 10.8 Å². The van der Waals surface area contributed by atoms with E-state index in [1.165, 1.54) is 0 Å². The summed E-state index contributed by atoms with van der Waals surface area (Å²) in [5, 5.41) is 10.8. The average molecular weight is 302 g/mol. The predicted octanol–water partition coefficient (Wildman–Crippen LogP) is 1.95. The Bertz CT molecular complexity index is 500.